The van der Waals surface area contributed by atoms with E-state index in [4.69, 9.17) is 17.3 Å². The summed E-state index contributed by atoms with van der Waals surface area (Å²) in [5.41, 5.74) is 8.02. The van der Waals surface area contributed by atoms with E-state index in [2.05, 4.69) is 22.9 Å². The van der Waals surface area contributed by atoms with E-state index >= 15 is 0 Å². The van der Waals surface area contributed by atoms with Crippen LogP contribution < -0.4 is 10.6 Å². The van der Waals surface area contributed by atoms with E-state index in [1.807, 2.05) is 12.1 Å². The fourth-order valence-electron chi connectivity index (χ4n) is 2.09. The van der Waals surface area contributed by atoms with Crippen molar-refractivity contribution in [2.24, 2.45) is 5.73 Å². The van der Waals surface area contributed by atoms with E-state index in [1.165, 1.54) is 5.69 Å². The quantitative estimate of drug-likeness (QED) is 0.850. The average Bonchev–Trinajstić information content (AvgIpc) is 2.30. The molecule has 2 N–H and O–H groups in total. The van der Waals surface area contributed by atoms with Crippen LogP contribution in [0.5, 0.6) is 0 Å². The van der Waals surface area contributed by atoms with Gasteiger partial charge in [0.05, 0.1) is 0 Å². The summed E-state index contributed by atoms with van der Waals surface area (Å²) in [6.45, 7) is 4.78. The second-order valence-electron chi connectivity index (χ2n) is 4.23. The lowest BCUT2D eigenvalue weighted by Gasteiger charge is -2.35. The van der Waals surface area contributed by atoms with Gasteiger partial charge < -0.3 is 15.5 Å². The Kier molecular flexibility index (Phi) is 3.69. The zero-order chi connectivity index (χ0) is 11.5. The summed E-state index contributed by atoms with van der Waals surface area (Å²) < 4.78 is 0. The van der Waals surface area contributed by atoms with Crippen LogP contribution in [-0.2, 0) is 6.54 Å². The minimum atomic E-state index is 0.501. The average molecular weight is 240 g/mol. The number of rotatable bonds is 2. The van der Waals surface area contributed by atoms with Crippen molar-refractivity contribution < 1.29 is 0 Å². The molecule has 1 saturated heterocycles. The standard InChI is InChI=1S/C12H18ClN3/c1-15-5-7-16(8-6-15)12-4-2-3-11(13)10(12)9-14/h2-4H,5-9,14H2,1H3. The summed E-state index contributed by atoms with van der Waals surface area (Å²) in [5, 5.41) is 0.777. The van der Waals surface area contributed by atoms with Crippen LogP contribution in [0.15, 0.2) is 18.2 Å². The van der Waals surface area contributed by atoms with Gasteiger partial charge in [-0.15, -0.1) is 0 Å². The van der Waals surface area contributed by atoms with Crippen LogP contribution in [0.25, 0.3) is 0 Å². The predicted molar refractivity (Wildman–Crippen MR) is 69.1 cm³/mol. The van der Waals surface area contributed by atoms with Crippen molar-refractivity contribution in [2.45, 2.75) is 6.54 Å². The molecule has 0 bridgehead atoms. The normalized spacial score (nSPS) is 17.8. The van der Waals surface area contributed by atoms with E-state index in [1.54, 1.807) is 0 Å². The van der Waals surface area contributed by atoms with E-state index in [9.17, 15) is 0 Å². The van der Waals surface area contributed by atoms with Gasteiger partial charge in [0.1, 0.15) is 0 Å². The SMILES string of the molecule is CN1CCN(c2cccc(Cl)c2CN)CC1. The summed E-state index contributed by atoms with van der Waals surface area (Å²) in [6.07, 6.45) is 0. The van der Waals surface area contributed by atoms with E-state index in [0.29, 0.717) is 6.54 Å². The lowest BCUT2D eigenvalue weighted by Crippen LogP contribution is -2.44. The van der Waals surface area contributed by atoms with Gasteiger partial charge >= 0.3 is 0 Å². The van der Waals surface area contributed by atoms with Gasteiger partial charge in [0, 0.05) is 49.0 Å². The fraction of sp³-hybridized carbons (Fsp3) is 0.500. The number of hydrogen-bond acceptors (Lipinski definition) is 3. The van der Waals surface area contributed by atoms with Gasteiger partial charge in [0.15, 0.2) is 0 Å². The Hall–Kier alpha value is -0.770. The van der Waals surface area contributed by atoms with Crippen molar-refractivity contribution >= 4 is 17.3 Å². The molecular weight excluding hydrogens is 222 g/mol. The third-order valence-electron chi connectivity index (χ3n) is 3.14. The molecule has 1 aromatic rings. The monoisotopic (exact) mass is 239 g/mol. The molecule has 0 aromatic heterocycles. The van der Waals surface area contributed by atoms with Crippen molar-refractivity contribution in [3.8, 4) is 0 Å². The molecule has 2 rings (SSSR count). The first-order valence-electron chi connectivity index (χ1n) is 5.63. The summed E-state index contributed by atoms with van der Waals surface area (Å²) in [5.74, 6) is 0. The Morgan fingerprint density at radius 3 is 2.56 bits per heavy atom. The van der Waals surface area contributed by atoms with Crippen molar-refractivity contribution in [3.05, 3.63) is 28.8 Å². The lowest BCUT2D eigenvalue weighted by atomic mass is 10.1. The molecule has 1 aliphatic heterocycles. The molecule has 1 fully saturated rings. The highest BCUT2D eigenvalue weighted by Gasteiger charge is 2.17. The number of hydrogen-bond donors (Lipinski definition) is 1. The molecule has 0 amide bonds. The summed E-state index contributed by atoms with van der Waals surface area (Å²) in [6, 6.07) is 6.01. The largest absolute Gasteiger partial charge is 0.369 e. The van der Waals surface area contributed by atoms with Gasteiger partial charge in [-0.05, 0) is 19.2 Å². The molecule has 1 aromatic carbocycles. The van der Waals surface area contributed by atoms with Gasteiger partial charge in [0.25, 0.3) is 0 Å². The van der Waals surface area contributed by atoms with Crippen LogP contribution >= 0.6 is 11.6 Å². The molecule has 1 heterocycles. The highest BCUT2D eigenvalue weighted by atomic mass is 35.5. The molecule has 0 unspecified atom stereocenters. The van der Waals surface area contributed by atoms with Gasteiger partial charge in [0.2, 0.25) is 0 Å². The van der Waals surface area contributed by atoms with Crippen molar-refractivity contribution in [1.29, 1.82) is 0 Å². The zero-order valence-electron chi connectivity index (χ0n) is 9.62. The topological polar surface area (TPSA) is 32.5 Å². The summed E-state index contributed by atoms with van der Waals surface area (Å²) >= 11 is 6.16. The maximum absolute atomic E-state index is 6.16. The Balaban J connectivity index is 2.23. The van der Waals surface area contributed by atoms with E-state index < -0.39 is 0 Å². The van der Waals surface area contributed by atoms with Crippen molar-refractivity contribution in [3.63, 3.8) is 0 Å². The zero-order valence-corrected chi connectivity index (χ0v) is 10.4. The molecule has 0 radical (unpaired) electrons. The van der Waals surface area contributed by atoms with Crippen LogP contribution in [0.1, 0.15) is 5.56 Å². The van der Waals surface area contributed by atoms with Crippen molar-refractivity contribution in [2.75, 3.05) is 38.1 Å². The highest BCUT2D eigenvalue weighted by molar-refractivity contribution is 6.31. The van der Waals surface area contributed by atoms with Crippen molar-refractivity contribution in [1.82, 2.24) is 4.90 Å². The van der Waals surface area contributed by atoms with Gasteiger partial charge in [-0.25, -0.2) is 0 Å². The van der Waals surface area contributed by atoms with Crippen LogP contribution in [-0.4, -0.2) is 38.1 Å². The minimum absolute atomic E-state index is 0.501. The number of nitrogens with zero attached hydrogens (tertiary/aromatic N) is 2. The molecule has 0 spiro atoms. The fourth-order valence-corrected chi connectivity index (χ4v) is 2.34. The van der Waals surface area contributed by atoms with Gasteiger partial charge in [-0.3, -0.25) is 0 Å². The first-order valence-corrected chi connectivity index (χ1v) is 6.01. The molecule has 16 heavy (non-hydrogen) atoms. The number of nitrogens with two attached hydrogens (primary N) is 1. The molecule has 0 saturated carbocycles. The summed E-state index contributed by atoms with van der Waals surface area (Å²) in [4.78, 5) is 4.71. The smallest absolute Gasteiger partial charge is 0.0471 e. The number of piperazine rings is 1. The van der Waals surface area contributed by atoms with Gasteiger partial charge in [-0.2, -0.15) is 0 Å². The summed E-state index contributed by atoms with van der Waals surface area (Å²) in [7, 11) is 2.15. The number of halogens is 1. The lowest BCUT2D eigenvalue weighted by molar-refractivity contribution is 0.312. The molecule has 3 nitrogen and oxygen atoms in total. The highest BCUT2D eigenvalue weighted by Crippen LogP contribution is 2.27. The maximum Gasteiger partial charge on any atom is 0.0471 e. The Morgan fingerprint density at radius 2 is 1.94 bits per heavy atom. The maximum atomic E-state index is 6.16. The second-order valence-corrected chi connectivity index (χ2v) is 4.64. The Morgan fingerprint density at radius 1 is 1.25 bits per heavy atom. The van der Waals surface area contributed by atoms with Gasteiger partial charge in [-0.1, -0.05) is 17.7 Å². The molecule has 0 aliphatic carbocycles. The molecule has 88 valence electrons. The first kappa shape index (κ1) is 11.7. The Bertz CT molecular complexity index is 359. The van der Waals surface area contributed by atoms with Crippen LogP contribution in [0, 0.1) is 0 Å². The van der Waals surface area contributed by atoms with Crippen LogP contribution in [0.3, 0.4) is 0 Å². The number of likely N-dealkylation sites (N-methyl/N-ethyl adjacent to an activating group) is 1. The minimum Gasteiger partial charge on any atom is -0.369 e. The van der Waals surface area contributed by atoms with E-state index in [-0.39, 0.29) is 0 Å². The van der Waals surface area contributed by atoms with E-state index in [0.717, 1.165) is 36.8 Å². The second kappa shape index (κ2) is 5.04. The molecule has 1 aliphatic rings. The number of anilines is 1. The molecular formula is C12H18ClN3. The number of benzene rings is 1. The van der Waals surface area contributed by atoms with Crippen LogP contribution in [0.2, 0.25) is 5.02 Å². The molecule has 4 heteroatoms. The first-order chi connectivity index (χ1) is 7.72. The third-order valence-corrected chi connectivity index (χ3v) is 3.50. The third kappa shape index (κ3) is 2.32. The predicted octanol–water partition coefficient (Wildman–Crippen LogP) is 1.55. The van der Waals surface area contributed by atoms with Crippen LogP contribution in [0.4, 0.5) is 5.69 Å². The molecule has 0 atom stereocenters. The Labute approximate surface area is 102 Å².